The van der Waals surface area contributed by atoms with Crippen LogP contribution in [0, 0.1) is 11.7 Å². The number of nitrogens with zero attached hydrogens (tertiary/aromatic N) is 2. The summed E-state index contributed by atoms with van der Waals surface area (Å²) in [5, 5.41) is 0. The van der Waals surface area contributed by atoms with Crippen molar-refractivity contribution in [1.82, 2.24) is 9.80 Å². The zero-order valence-corrected chi connectivity index (χ0v) is 21.2. The van der Waals surface area contributed by atoms with E-state index in [1.807, 2.05) is 0 Å². The quantitative estimate of drug-likeness (QED) is 0.522. The van der Waals surface area contributed by atoms with Crippen LogP contribution in [0.4, 0.5) is 22.0 Å². The number of amides is 2. The Kier molecular flexibility index (Phi) is 6.43. The van der Waals surface area contributed by atoms with Crippen molar-refractivity contribution in [2.45, 2.75) is 55.9 Å². The Labute approximate surface area is 217 Å². The minimum atomic E-state index is -5.09. The number of carbonyl (C=O) groups excluding carboxylic acids is 2. The number of likely N-dealkylation sites (N-methyl/N-ethyl adjacent to an activating group) is 1. The molecule has 5 rings (SSSR count). The molecule has 3 aliphatic rings. The van der Waals surface area contributed by atoms with Crippen molar-refractivity contribution in [3.63, 3.8) is 0 Å². The summed E-state index contributed by atoms with van der Waals surface area (Å²) in [6.07, 6.45) is -3.39. The van der Waals surface area contributed by atoms with E-state index < -0.39 is 28.9 Å². The Balaban J connectivity index is 1.50. The van der Waals surface area contributed by atoms with Crippen molar-refractivity contribution in [3.05, 3.63) is 65.0 Å². The summed E-state index contributed by atoms with van der Waals surface area (Å²) in [4.78, 5) is 28.5. The van der Waals surface area contributed by atoms with Crippen LogP contribution in [0.5, 0.6) is 5.75 Å². The molecule has 3 heterocycles. The molecular formula is C28H29F5N2O3. The van der Waals surface area contributed by atoms with Crippen LogP contribution in [0.25, 0.3) is 0 Å². The molecule has 38 heavy (non-hydrogen) atoms. The topological polar surface area (TPSA) is 49.9 Å². The number of fused-ring (bicyclic) bond motifs is 3. The van der Waals surface area contributed by atoms with Crippen molar-refractivity contribution < 1.29 is 36.3 Å². The number of hydrogen-bond acceptors (Lipinski definition) is 3. The highest BCUT2D eigenvalue weighted by Gasteiger charge is 2.55. The third kappa shape index (κ3) is 4.31. The van der Waals surface area contributed by atoms with Crippen LogP contribution in [0.2, 0.25) is 0 Å². The predicted molar refractivity (Wildman–Crippen MR) is 129 cm³/mol. The van der Waals surface area contributed by atoms with E-state index in [1.54, 1.807) is 24.1 Å². The number of rotatable bonds is 4. The lowest BCUT2D eigenvalue weighted by molar-refractivity contribution is -0.228. The number of halogens is 5. The van der Waals surface area contributed by atoms with E-state index in [-0.39, 0.29) is 35.9 Å². The summed E-state index contributed by atoms with van der Waals surface area (Å²) >= 11 is 0. The Morgan fingerprint density at radius 3 is 2.47 bits per heavy atom. The normalized spacial score (nSPS) is 26.9. The highest BCUT2D eigenvalue weighted by Crippen LogP contribution is 2.51. The van der Waals surface area contributed by atoms with Crippen LogP contribution in [0.15, 0.2) is 42.5 Å². The molecule has 3 aliphatic heterocycles. The molecule has 0 aliphatic carbocycles. The van der Waals surface area contributed by atoms with Crippen molar-refractivity contribution >= 4 is 11.8 Å². The van der Waals surface area contributed by atoms with E-state index in [0.717, 1.165) is 17.7 Å². The summed E-state index contributed by atoms with van der Waals surface area (Å²) in [6.45, 7) is 1.32. The van der Waals surface area contributed by atoms with Crippen LogP contribution in [-0.4, -0.2) is 60.6 Å². The summed E-state index contributed by atoms with van der Waals surface area (Å²) in [5.41, 5.74) is -3.23. The van der Waals surface area contributed by atoms with Gasteiger partial charge in [0.2, 0.25) is 17.5 Å². The number of benzene rings is 2. The maximum absolute atomic E-state index is 14.8. The van der Waals surface area contributed by atoms with Gasteiger partial charge in [0.25, 0.3) is 0 Å². The second-order valence-electron chi connectivity index (χ2n) is 10.8. The predicted octanol–water partition coefficient (Wildman–Crippen LogP) is 4.91. The Bertz CT molecular complexity index is 1250. The summed E-state index contributed by atoms with van der Waals surface area (Å²) in [7, 11) is 1.62. The third-order valence-electron chi connectivity index (χ3n) is 8.60. The maximum atomic E-state index is 14.8. The molecule has 10 heteroatoms. The smallest absolute Gasteiger partial charge is 0.426 e. The molecule has 2 amide bonds. The first-order chi connectivity index (χ1) is 17.8. The number of carbonyl (C=O) groups is 2. The van der Waals surface area contributed by atoms with Crippen LogP contribution >= 0.6 is 0 Å². The van der Waals surface area contributed by atoms with Crippen molar-refractivity contribution in [1.29, 1.82) is 0 Å². The molecule has 0 aromatic heterocycles. The first-order valence-electron chi connectivity index (χ1n) is 12.7. The molecule has 2 saturated heterocycles. The number of likely N-dealkylation sites (tertiary alicyclic amines) is 2. The molecule has 0 radical (unpaired) electrons. The van der Waals surface area contributed by atoms with Gasteiger partial charge in [-0.3, -0.25) is 9.59 Å². The van der Waals surface area contributed by atoms with Gasteiger partial charge in [0.1, 0.15) is 17.6 Å². The second-order valence-corrected chi connectivity index (χ2v) is 10.8. The molecule has 0 spiro atoms. The third-order valence-corrected chi connectivity index (χ3v) is 8.60. The average molecular weight is 537 g/mol. The maximum Gasteiger partial charge on any atom is 0.426 e. The molecule has 3 unspecified atom stereocenters. The van der Waals surface area contributed by atoms with Gasteiger partial charge >= 0.3 is 6.18 Å². The Morgan fingerprint density at radius 1 is 1.13 bits per heavy atom. The van der Waals surface area contributed by atoms with Gasteiger partial charge in [-0.1, -0.05) is 24.3 Å². The van der Waals surface area contributed by atoms with Gasteiger partial charge in [-0.25, -0.2) is 8.78 Å². The molecule has 2 aromatic carbocycles. The van der Waals surface area contributed by atoms with Crippen LogP contribution in [0.3, 0.4) is 0 Å². The standard InChI is InChI=1S/C28H29F5N2O3/c1-26(30,28(31,32)33)18-5-8-21-23(13-18)38-16-19-15-35(25(37)22-9-10-24(36)34(22)2)12-11-27(19,21)14-17-3-6-20(29)7-4-17/h3-8,13,19,22H,9-12,14-16H2,1-2H3/t19?,22-,26?,27?/m0/s1. The molecule has 2 aromatic rings. The highest BCUT2D eigenvalue weighted by molar-refractivity contribution is 5.90. The van der Waals surface area contributed by atoms with Gasteiger partial charge < -0.3 is 14.5 Å². The van der Waals surface area contributed by atoms with Crippen molar-refractivity contribution in [2.75, 3.05) is 26.7 Å². The Hall–Kier alpha value is -3.17. The lowest BCUT2D eigenvalue weighted by Crippen LogP contribution is -2.58. The minimum absolute atomic E-state index is 0.0736. The fourth-order valence-corrected chi connectivity index (χ4v) is 6.14. The summed E-state index contributed by atoms with van der Waals surface area (Å²) in [5.74, 6) is -0.617. The lowest BCUT2D eigenvalue weighted by Gasteiger charge is -2.51. The first kappa shape index (κ1) is 26.4. The number of hydrogen-bond donors (Lipinski definition) is 0. The summed E-state index contributed by atoms with van der Waals surface area (Å²) < 4.78 is 74.5. The minimum Gasteiger partial charge on any atom is -0.493 e. The van der Waals surface area contributed by atoms with Crippen LogP contribution in [0.1, 0.15) is 42.9 Å². The van der Waals surface area contributed by atoms with Gasteiger partial charge in [-0.2, -0.15) is 13.2 Å². The van der Waals surface area contributed by atoms with Gasteiger partial charge in [0, 0.05) is 49.0 Å². The zero-order chi connectivity index (χ0) is 27.5. The van der Waals surface area contributed by atoms with Crippen molar-refractivity contribution in [3.8, 4) is 5.75 Å². The number of ether oxygens (including phenoxy) is 1. The average Bonchev–Trinajstić information content (AvgIpc) is 3.21. The monoisotopic (exact) mass is 536 g/mol. The SMILES string of the molecule is CN1C(=O)CC[C@H]1C(=O)N1CCC2(Cc3ccc(F)cc3)c3ccc(C(C)(F)C(F)(F)F)cc3OCC2C1. The largest absolute Gasteiger partial charge is 0.493 e. The van der Waals surface area contributed by atoms with Gasteiger partial charge in [0.05, 0.1) is 6.61 Å². The fourth-order valence-electron chi connectivity index (χ4n) is 6.14. The Morgan fingerprint density at radius 2 is 1.84 bits per heavy atom. The van der Waals surface area contributed by atoms with E-state index in [9.17, 15) is 31.5 Å². The van der Waals surface area contributed by atoms with Gasteiger partial charge in [0.15, 0.2) is 0 Å². The molecule has 0 bridgehead atoms. The first-order valence-corrected chi connectivity index (χ1v) is 12.7. The van der Waals surface area contributed by atoms with Gasteiger partial charge in [-0.05, 0) is 49.9 Å². The van der Waals surface area contributed by atoms with E-state index in [1.165, 1.54) is 23.1 Å². The van der Waals surface area contributed by atoms with E-state index in [4.69, 9.17) is 4.74 Å². The number of piperidine rings is 1. The van der Waals surface area contributed by atoms with Crippen LogP contribution < -0.4 is 4.74 Å². The second kappa shape index (κ2) is 9.24. The number of alkyl halides is 4. The molecule has 0 N–H and O–H groups in total. The highest BCUT2D eigenvalue weighted by atomic mass is 19.4. The van der Waals surface area contributed by atoms with Crippen LogP contribution in [-0.2, 0) is 27.1 Å². The molecule has 2 fully saturated rings. The van der Waals surface area contributed by atoms with Crippen molar-refractivity contribution in [2.24, 2.45) is 5.92 Å². The molecule has 204 valence electrons. The van der Waals surface area contributed by atoms with E-state index in [0.29, 0.717) is 51.3 Å². The summed E-state index contributed by atoms with van der Waals surface area (Å²) in [6, 6.07) is 9.32. The van der Waals surface area contributed by atoms with E-state index >= 15 is 0 Å². The molecule has 0 saturated carbocycles. The van der Waals surface area contributed by atoms with Gasteiger partial charge in [-0.15, -0.1) is 0 Å². The van der Waals surface area contributed by atoms with E-state index in [2.05, 4.69) is 0 Å². The fraction of sp³-hybridized carbons (Fsp3) is 0.500. The molecule has 4 atom stereocenters. The lowest BCUT2D eigenvalue weighted by atomic mass is 9.61. The zero-order valence-electron chi connectivity index (χ0n) is 21.2. The molecule has 5 nitrogen and oxygen atoms in total. The molecular weight excluding hydrogens is 507 g/mol.